The van der Waals surface area contributed by atoms with Crippen molar-refractivity contribution < 1.29 is 9.53 Å². The molecule has 0 aromatic heterocycles. The van der Waals surface area contributed by atoms with Crippen molar-refractivity contribution in [3.8, 4) is 5.75 Å². The average molecular weight is 301 g/mol. The smallest absolute Gasteiger partial charge is 0.223 e. The van der Waals surface area contributed by atoms with Crippen LogP contribution in [0.15, 0.2) is 24.3 Å². The molecule has 114 valence electrons. The number of ether oxygens (including phenoxy) is 1. The molecule has 0 fully saturated rings. The van der Waals surface area contributed by atoms with E-state index in [1.54, 1.807) is 19.1 Å². The highest BCUT2D eigenvalue weighted by Crippen LogP contribution is 2.28. The van der Waals surface area contributed by atoms with Crippen molar-refractivity contribution >= 4 is 18.3 Å². The van der Waals surface area contributed by atoms with Crippen molar-refractivity contribution in [2.45, 2.75) is 32.2 Å². The van der Waals surface area contributed by atoms with Gasteiger partial charge in [-0.3, -0.25) is 4.79 Å². The van der Waals surface area contributed by atoms with Crippen LogP contribution in [0.3, 0.4) is 0 Å². The van der Waals surface area contributed by atoms with E-state index < -0.39 is 0 Å². The number of likely N-dealkylation sites (N-methyl/N-ethyl adjacent to an activating group) is 1. The Kier molecular flexibility index (Phi) is 8.26. The molecular weight excluding hydrogens is 276 g/mol. The van der Waals surface area contributed by atoms with Gasteiger partial charge in [-0.15, -0.1) is 12.4 Å². The van der Waals surface area contributed by atoms with Gasteiger partial charge in [-0.25, -0.2) is 0 Å². The third kappa shape index (κ3) is 4.69. The molecule has 1 aromatic rings. The third-order valence-corrected chi connectivity index (χ3v) is 3.55. The molecule has 2 atom stereocenters. The summed E-state index contributed by atoms with van der Waals surface area (Å²) >= 11 is 0. The lowest BCUT2D eigenvalue weighted by atomic mass is 9.96. The first kappa shape index (κ1) is 18.7. The molecule has 0 aliphatic carbocycles. The lowest BCUT2D eigenvalue weighted by Crippen LogP contribution is -2.40. The molecule has 2 N–H and O–H groups in total. The monoisotopic (exact) mass is 300 g/mol. The van der Waals surface area contributed by atoms with Crippen LogP contribution in [0.1, 0.15) is 31.7 Å². The third-order valence-electron chi connectivity index (χ3n) is 3.55. The van der Waals surface area contributed by atoms with Crippen molar-refractivity contribution in [2.75, 3.05) is 20.7 Å². The number of benzene rings is 1. The Bertz CT molecular complexity index is 426. The van der Waals surface area contributed by atoms with Crippen LogP contribution < -0.4 is 10.5 Å². The number of halogens is 1. The summed E-state index contributed by atoms with van der Waals surface area (Å²) in [6.45, 7) is 4.47. The number of methoxy groups -OCH3 is 1. The fourth-order valence-electron chi connectivity index (χ4n) is 1.99. The van der Waals surface area contributed by atoms with Crippen LogP contribution in [0.25, 0.3) is 0 Å². The van der Waals surface area contributed by atoms with Crippen molar-refractivity contribution in [1.29, 1.82) is 0 Å². The first-order valence-electron chi connectivity index (χ1n) is 6.59. The van der Waals surface area contributed by atoms with Crippen molar-refractivity contribution in [3.63, 3.8) is 0 Å². The molecule has 0 bridgehead atoms. The maximum absolute atomic E-state index is 12.2. The number of hydrogen-bond donors (Lipinski definition) is 1. The van der Waals surface area contributed by atoms with E-state index in [0.717, 1.165) is 11.3 Å². The number of carbonyl (C=O) groups excluding carboxylic acids is 1. The molecule has 4 nitrogen and oxygen atoms in total. The van der Waals surface area contributed by atoms with E-state index in [9.17, 15) is 4.79 Å². The number of nitrogens with zero attached hydrogens (tertiary/aromatic N) is 1. The maximum atomic E-state index is 12.2. The first-order valence-corrected chi connectivity index (χ1v) is 6.59. The van der Waals surface area contributed by atoms with Gasteiger partial charge < -0.3 is 15.4 Å². The summed E-state index contributed by atoms with van der Waals surface area (Å²) in [7, 11) is 3.45. The molecule has 0 saturated heterocycles. The van der Waals surface area contributed by atoms with Gasteiger partial charge >= 0.3 is 0 Å². The predicted octanol–water partition coefficient (Wildman–Crippen LogP) is 2.42. The molecule has 0 radical (unpaired) electrons. The van der Waals surface area contributed by atoms with E-state index in [1.807, 2.05) is 38.1 Å². The van der Waals surface area contributed by atoms with E-state index in [0.29, 0.717) is 13.0 Å². The second-order valence-electron chi connectivity index (χ2n) is 4.94. The predicted molar refractivity (Wildman–Crippen MR) is 84.6 cm³/mol. The van der Waals surface area contributed by atoms with E-state index in [-0.39, 0.29) is 30.3 Å². The molecule has 5 heteroatoms. The van der Waals surface area contributed by atoms with Gasteiger partial charge in [0, 0.05) is 26.1 Å². The lowest BCUT2D eigenvalue weighted by molar-refractivity contribution is -0.131. The highest BCUT2D eigenvalue weighted by Gasteiger charge is 2.19. The molecule has 0 saturated carbocycles. The fourth-order valence-corrected chi connectivity index (χ4v) is 1.99. The van der Waals surface area contributed by atoms with E-state index in [1.165, 1.54) is 0 Å². The molecule has 1 rings (SSSR count). The normalized spacial score (nSPS) is 13.1. The zero-order chi connectivity index (χ0) is 14.4. The number of para-hydroxylation sites is 1. The van der Waals surface area contributed by atoms with Crippen molar-refractivity contribution in [1.82, 2.24) is 4.90 Å². The average Bonchev–Trinajstić information content (AvgIpc) is 2.45. The number of nitrogens with two attached hydrogens (primary N) is 1. The van der Waals surface area contributed by atoms with Gasteiger partial charge in [-0.2, -0.15) is 0 Å². The number of hydrogen-bond acceptors (Lipinski definition) is 3. The summed E-state index contributed by atoms with van der Waals surface area (Å²) in [4.78, 5) is 13.9. The molecule has 0 aliphatic heterocycles. The molecule has 1 amide bonds. The zero-order valence-corrected chi connectivity index (χ0v) is 13.4. The van der Waals surface area contributed by atoms with Crippen LogP contribution in [0.5, 0.6) is 5.75 Å². The Morgan fingerprint density at radius 3 is 2.50 bits per heavy atom. The second kappa shape index (κ2) is 8.82. The molecule has 0 aliphatic rings. The van der Waals surface area contributed by atoms with Crippen LogP contribution in [0.2, 0.25) is 0 Å². The van der Waals surface area contributed by atoms with E-state index >= 15 is 0 Å². The second-order valence-corrected chi connectivity index (χ2v) is 4.94. The highest BCUT2D eigenvalue weighted by molar-refractivity contribution is 5.85. The standard InChI is InChI=1S/C15H24N2O2.ClH/c1-11(9-15(18)17(3)12(2)10-16)13-7-5-6-8-14(13)19-4;/h5-8,11-12H,9-10,16H2,1-4H3;1H. The highest BCUT2D eigenvalue weighted by atomic mass is 35.5. The van der Waals surface area contributed by atoms with Gasteiger partial charge in [0.05, 0.1) is 7.11 Å². The summed E-state index contributed by atoms with van der Waals surface area (Å²) in [5.41, 5.74) is 6.65. The summed E-state index contributed by atoms with van der Waals surface area (Å²) in [5, 5.41) is 0. The molecule has 20 heavy (non-hydrogen) atoms. The Morgan fingerprint density at radius 1 is 1.35 bits per heavy atom. The minimum Gasteiger partial charge on any atom is -0.496 e. The molecule has 0 spiro atoms. The number of carbonyl (C=O) groups is 1. The van der Waals surface area contributed by atoms with Crippen LogP contribution >= 0.6 is 12.4 Å². The van der Waals surface area contributed by atoms with Gasteiger partial charge in [0.2, 0.25) is 5.91 Å². The molecule has 2 unspecified atom stereocenters. The summed E-state index contributed by atoms with van der Waals surface area (Å²) < 4.78 is 5.33. The van der Waals surface area contributed by atoms with Crippen molar-refractivity contribution in [3.05, 3.63) is 29.8 Å². The van der Waals surface area contributed by atoms with Gasteiger partial charge in [-0.1, -0.05) is 25.1 Å². The van der Waals surface area contributed by atoms with Crippen molar-refractivity contribution in [2.24, 2.45) is 5.73 Å². The molecule has 0 heterocycles. The zero-order valence-electron chi connectivity index (χ0n) is 12.6. The number of rotatable bonds is 6. The summed E-state index contributed by atoms with van der Waals surface area (Å²) in [5.74, 6) is 1.06. The van der Waals surface area contributed by atoms with Gasteiger partial charge in [0.1, 0.15) is 5.75 Å². The first-order chi connectivity index (χ1) is 9.01. The largest absolute Gasteiger partial charge is 0.496 e. The Hall–Kier alpha value is -1.26. The SMILES string of the molecule is COc1ccccc1C(C)CC(=O)N(C)C(C)CN.Cl. The Morgan fingerprint density at radius 2 is 1.95 bits per heavy atom. The molecular formula is C15H25ClN2O2. The van der Waals surface area contributed by atoms with Crippen LogP contribution in [-0.4, -0.2) is 37.6 Å². The lowest BCUT2D eigenvalue weighted by Gasteiger charge is -2.25. The van der Waals surface area contributed by atoms with E-state index in [2.05, 4.69) is 0 Å². The van der Waals surface area contributed by atoms with Gasteiger partial charge in [0.25, 0.3) is 0 Å². The maximum Gasteiger partial charge on any atom is 0.223 e. The van der Waals surface area contributed by atoms with Crippen LogP contribution in [-0.2, 0) is 4.79 Å². The van der Waals surface area contributed by atoms with Gasteiger partial charge in [-0.05, 0) is 24.5 Å². The minimum absolute atomic E-state index is 0. The fraction of sp³-hybridized carbons (Fsp3) is 0.533. The Labute approximate surface area is 127 Å². The van der Waals surface area contributed by atoms with Gasteiger partial charge in [0.15, 0.2) is 0 Å². The van der Waals surface area contributed by atoms with Crippen LogP contribution in [0, 0.1) is 0 Å². The topological polar surface area (TPSA) is 55.6 Å². The van der Waals surface area contributed by atoms with E-state index in [4.69, 9.17) is 10.5 Å². The minimum atomic E-state index is 0. The number of amides is 1. The quantitative estimate of drug-likeness (QED) is 0.878. The Balaban J connectivity index is 0.00000361. The summed E-state index contributed by atoms with van der Waals surface area (Å²) in [6.07, 6.45) is 0.460. The molecule has 1 aromatic carbocycles. The van der Waals surface area contributed by atoms with Crippen LogP contribution in [0.4, 0.5) is 0 Å². The summed E-state index contributed by atoms with van der Waals surface area (Å²) in [6, 6.07) is 7.88.